The van der Waals surface area contributed by atoms with Gasteiger partial charge in [-0.3, -0.25) is 9.59 Å². The van der Waals surface area contributed by atoms with E-state index in [1.807, 2.05) is 14.1 Å². The lowest BCUT2D eigenvalue weighted by atomic mass is 9.94. The first kappa shape index (κ1) is 36.9. The van der Waals surface area contributed by atoms with Crippen molar-refractivity contribution in [2.24, 2.45) is 17.8 Å². The van der Waals surface area contributed by atoms with Crippen LogP contribution < -0.4 is 0 Å². The summed E-state index contributed by atoms with van der Waals surface area (Å²) in [4.78, 5) is 26.3. The predicted octanol–water partition coefficient (Wildman–Crippen LogP) is 9.81. The Morgan fingerprint density at radius 2 is 1.25 bits per heavy atom. The maximum absolute atomic E-state index is 12.4. The van der Waals surface area contributed by atoms with E-state index in [2.05, 4.69) is 18.7 Å². The van der Waals surface area contributed by atoms with E-state index < -0.39 is 5.97 Å². The summed E-state index contributed by atoms with van der Waals surface area (Å²) in [6.07, 6.45) is 27.6. The highest BCUT2D eigenvalue weighted by molar-refractivity contribution is 5.70. The van der Waals surface area contributed by atoms with Crippen LogP contribution in [-0.4, -0.2) is 48.7 Å². The Kier molecular flexibility index (Phi) is 22.6. The molecule has 1 aliphatic carbocycles. The molecule has 1 fully saturated rings. The van der Waals surface area contributed by atoms with E-state index in [-0.39, 0.29) is 18.0 Å². The number of hydrogen-bond acceptors (Lipinski definition) is 4. The molecule has 5 nitrogen and oxygen atoms in total. The van der Waals surface area contributed by atoms with Gasteiger partial charge in [-0.05, 0) is 83.8 Å². The second-order valence-corrected chi connectivity index (χ2v) is 13.1. The lowest BCUT2D eigenvalue weighted by Gasteiger charge is -2.18. The molecule has 0 heterocycles. The van der Waals surface area contributed by atoms with Crippen molar-refractivity contribution in [3.8, 4) is 0 Å². The smallest absolute Gasteiger partial charge is 0.306 e. The van der Waals surface area contributed by atoms with E-state index in [4.69, 9.17) is 4.74 Å². The first-order chi connectivity index (χ1) is 19.4. The van der Waals surface area contributed by atoms with Crippen LogP contribution in [0.15, 0.2) is 0 Å². The highest BCUT2D eigenvalue weighted by atomic mass is 16.5. The van der Waals surface area contributed by atoms with Crippen LogP contribution in [0, 0.1) is 17.8 Å². The van der Waals surface area contributed by atoms with Gasteiger partial charge in [0.1, 0.15) is 6.10 Å². The third-order valence-electron chi connectivity index (χ3n) is 8.93. The molecule has 5 heteroatoms. The predicted molar refractivity (Wildman–Crippen MR) is 169 cm³/mol. The van der Waals surface area contributed by atoms with E-state index in [0.29, 0.717) is 12.3 Å². The molecule has 1 saturated carbocycles. The van der Waals surface area contributed by atoms with Crippen molar-refractivity contribution < 1.29 is 19.4 Å². The van der Waals surface area contributed by atoms with Gasteiger partial charge in [-0.15, -0.1) is 0 Å². The largest absolute Gasteiger partial charge is 0.481 e. The van der Waals surface area contributed by atoms with Crippen molar-refractivity contribution in [2.45, 2.75) is 174 Å². The van der Waals surface area contributed by atoms with Crippen molar-refractivity contribution in [1.82, 2.24) is 4.90 Å². The number of carboxylic acid groups (broad SMARTS) is 1. The van der Waals surface area contributed by atoms with Crippen molar-refractivity contribution in [3.05, 3.63) is 0 Å². The Hall–Kier alpha value is -1.10. The quantitative estimate of drug-likeness (QED) is 0.0722. The fourth-order valence-electron chi connectivity index (χ4n) is 6.15. The number of esters is 1. The van der Waals surface area contributed by atoms with Gasteiger partial charge in [-0.1, -0.05) is 110 Å². The average Bonchev–Trinajstić information content (AvgIpc) is 3.66. The summed E-state index contributed by atoms with van der Waals surface area (Å²) in [6.45, 7) is 5.42. The average molecular weight is 566 g/mol. The summed E-state index contributed by atoms with van der Waals surface area (Å²) in [5.41, 5.74) is 0. The molecule has 0 aromatic heterocycles. The topological polar surface area (TPSA) is 66.8 Å². The van der Waals surface area contributed by atoms with Crippen molar-refractivity contribution in [2.75, 3.05) is 20.6 Å². The second-order valence-electron chi connectivity index (χ2n) is 13.1. The Morgan fingerprint density at radius 3 is 1.77 bits per heavy atom. The summed E-state index contributed by atoms with van der Waals surface area (Å²) in [6, 6.07) is 0. The van der Waals surface area contributed by atoms with E-state index >= 15 is 0 Å². The minimum absolute atomic E-state index is 0.0207. The number of rotatable bonds is 29. The van der Waals surface area contributed by atoms with Gasteiger partial charge in [-0.25, -0.2) is 0 Å². The van der Waals surface area contributed by atoms with Crippen LogP contribution in [0.1, 0.15) is 168 Å². The number of nitrogens with zero attached hydrogens (tertiary/aromatic N) is 1. The molecule has 1 aliphatic rings. The molecule has 4 atom stereocenters. The van der Waals surface area contributed by atoms with Crippen molar-refractivity contribution in [3.63, 3.8) is 0 Å². The summed E-state index contributed by atoms with van der Waals surface area (Å²) in [5, 5.41) is 9.65. The number of ether oxygens (including phenoxy) is 1. The number of unbranched alkanes of at least 4 members (excludes halogenated alkanes) is 13. The summed E-state index contributed by atoms with van der Waals surface area (Å²) in [5.74, 6) is 0.761. The van der Waals surface area contributed by atoms with Crippen LogP contribution in [-0.2, 0) is 14.3 Å². The van der Waals surface area contributed by atoms with Crippen LogP contribution in [0.2, 0.25) is 0 Å². The number of carboxylic acids is 1. The Morgan fingerprint density at radius 1 is 0.725 bits per heavy atom. The van der Waals surface area contributed by atoms with Gasteiger partial charge in [0, 0.05) is 6.42 Å². The van der Waals surface area contributed by atoms with Crippen molar-refractivity contribution in [1.29, 1.82) is 0 Å². The molecular formula is C35H67NO4. The molecule has 1 N–H and O–H groups in total. The number of hydrogen-bond donors (Lipinski definition) is 1. The van der Waals surface area contributed by atoms with E-state index in [1.165, 1.54) is 96.3 Å². The van der Waals surface area contributed by atoms with Gasteiger partial charge in [-0.2, -0.15) is 0 Å². The summed E-state index contributed by atoms with van der Waals surface area (Å²) in [7, 11) is 4.08. The second kappa shape index (κ2) is 24.5. The highest BCUT2D eigenvalue weighted by Crippen LogP contribution is 2.47. The highest BCUT2D eigenvalue weighted by Gasteiger charge is 2.38. The molecule has 236 valence electrons. The van der Waals surface area contributed by atoms with E-state index in [9.17, 15) is 14.7 Å². The SMILES string of the molecule is CCCCCCCCCC(CCCCCCCCCC(CC1CC1CCCC)C(=O)O)OC(=O)CCCN(C)C. The number of carbonyl (C=O) groups excluding carboxylic acids is 1. The van der Waals surface area contributed by atoms with E-state index in [1.54, 1.807) is 0 Å². The molecule has 0 amide bonds. The minimum atomic E-state index is -0.578. The standard InChI is InChI=1S/C35H67NO4/c1-5-7-9-10-12-16-19-24-33(40-34(37)26-21-27-36(3)4)25-20-17-14-11-13-15-18-23-31(35(38)39)29-32-28-30(32)22-8-6-2/h30-33H,5-29H2,1-4H3,(H,38,39). The van der Waals surface area contributed by atoms with Crippen LogP contribution in [0.4, 0.5) is 0 Å². The Labute approximate surface area is 248 Å². The molecule has 0 spiro atoms. The Bertz CT molecular complexity index is 623. The Balaban J connectivity index is 2.17. The van der Waals surface area contributed by atoms with Crippen LogP contribution in [0.3, 0.4) is 0 Å². The van der Waals surface area contributed by atoms with Gasteiger partial charge in [0.2, 0.25) is 0 Å². The van der Waals surface area contributed by atoms with Gasteiger partial charge in [0.25, 0.3) is 0 Å². The first-order valence-electron chi connectivity index (χ1n) is 17.4. The molecule has 0 aromatic rings. The normalized spacial score (nSPS) is 18.1. The lowest BCUT2D eigenvalue weighted by Crippen LogP contribution is -2.20. The number of carbonyl (C=O) groups is 2. The molecule has 1 rings (SSSR count). The van der Waals surface area contributed by atoms with Crippen LogP contribution in [0.5, 0.6) is 0 Å². The molecule has 0 aliphatic heterocycles. The lowest BCUT2D eigenvalue weighted by molar-refractivity contribution is -0.150. The monoisotopic (exact) mass is 566 g/mol. The van der Waals surface area contributed by atoms with Crippen LogP contribution >= 0.6 is 0 Å². The molecule has 0 radical (unpaired) electrons. The molecular weight excluding hydrogens is 498 g/mol. The van der Waals surface area contributed by atoms with Gasteiger partial charge in [0.05, 0.1) is 5.92 Å². The third-order valence-corrected chi connectivity index (χ3v) is 8.93. The minimum Gasteiger partial charge on any atom is -0.481 e. The number of aliphatic carboxylic acids is 1. The molecule has 0 bridgehead atoms. The molecule has 4 unspecified atom stereocenters. The maximum Gasteiger partial charge on any atom is 0.306 e. The fourth-order valence-corrected chi connectivity index (χ4v) is 6.15. The molecule has 0 aromatic carbocycles. The zero-order chi connectivity index (χ0) is 29.4. The molecule has 0 saturated heterocycles. The first-order valence-corrected chi connectivity index (χ1v) is 17.4. The van der Waals surface area contributed by atoms with E-state index in [0.717, 1.165) is 63.8 Å². The zero-order valence-corrected chi connectivity index (χ0v) is 27.1. The third kappa shape index (κ3) is 20.7. The van der Waals surface area contributed by atoms with Crippen molar-refractivity contribution >= 4 is 11.9 Å². The summed E-state index contributed by atoms with van der Waals surface area (Å²) < 4.78 is 5.93. The summed E-state index contributed by atoms with van der Waals surface area (Å²) >= 11 is 0. The molecule has 40 heavy (non-hydrogen) atoms. The fraction of sp³-hybridized carbons (Fsp3) is 0.943. The zero-order valence-electron chi connectivity index (χ0n) is 27.1. The van der Waals surface area contributed by atoms with Gasteiger partial charge >= 0.3 is 11.9 Å². The van der Waals surface area contributed by atoms with Gasteiger partial charge < -0.3 is 14.7 Å². The maximum atomic E-state index is 12.4. The van der Waals surface area contributed by atoms with Crippen LogP contribution in [0.25, 0.3) is 0 Å². The van der Waals surface area contributed by atoms with Gasteiger partial charge in [0.15, 0.2) is 0 Å².